The number of carbonyl (C=O) groups excluding carboxylic acids is 1. The van der Waals surface area contributed by atoms with Gasteiger partial charge in [0.2, 0.25) is 0 Å². The summed E-state index contributed by atoms with van der Waals surface area (Å²) in [5, 5.41) is 0. The van der Waals surface area contributed by atoms with Gasteiger partial charge in [0.05, 0.1) is 0 Å². The molecule has 0 saturated carbocycles. The molecule has 0 rings (SSSR count). The zero-order chi connectivity index (χ0) is 10.3. The van der Waals surface area contributed by atoms with E-state index >= 15 is 0 Å². The fourth-order valence-corrected chi connectivity index (χ4v) is 1.18. The Balaban J connectivity index is 4.17. The molecule has 0 bridgehead atoms. The standard InChI is InChI=1S/C10H17NO2/c1-4-6-8-10(3,7-5-2)13-9(11)12/h2H,4,6-8H2,1,3H3,(H2,11,12). The minimum Gasteiger partial charge on any atom is -0.442 e. The molecule has 0 aliphatic rings. The van der Waals surface area contributed by atoms with E-state index in [1.54, 1.807) is 0 Å². The second-order valence-corrected chi connectivity index (χ2v) is 3.36. The first-order chi connectivity index (χ1) is 6.04. The lowest BCUT2D eigenvalue weighted by Gasteiger charge is -2.26. The van der Waals surface area contributed by atoms with Crippen LogP contribution < -0.4 is 5.73 Å². The van der Waals surface area contributed by atoms with Crippen LogP contribution in [-0.2, 0) is 4.74 Å². The maximum Gasteiger partial charge on any atom is 0.405 e. The van der Waals surface area contributed by atoms with Crippen molar-refractivity contribution in [3.63, 3.8) is 0 Å². The largest absolute Gasteiger partial charge is 0.442 e. The number of carbonyl (C=O) groups is 1. The van der Waals surface area contributed by atoms with Crippen molar-refractivity contribution in [2.45, 2.75) is 45.1 Å². The number of ether oxygens (including phenoxy) is 1. The summed E-state index contributed by atoms with van der Waals surface area (Å²) < 4.78 is 4.98. The highest BCUT2D eigenvalue weighted by Crippen LogP contribution is 2.22. The average Bonchev–Trinajstić information content (AvgIpc) is 2.00. The number of rotatable bonds is 5. The van der Waals surface area contributed by atoms with E-state index in [0.717, 1.165) is 19.3 Å². The highest BCUT2D eigenvalue weighted by molar-refractivity contribution is 5.65. The van der Waals surface area contributed by atoms with Crippen molar-refractivity contribution in [1.82, 2.24) is 0 Å². The van der Waals surface area contributed by atoms with Crippen LogP contribution in [0.2, 0.25) is 0 Å². The zero-order valence-electron chi connectivity index (χ0n) is 8.30. The highest BCUT2D eigenvalue weighted by Gasteiger charge is 2.26. The Morgan fingerprint density at radius 2 is 2.31 bits per heavy atom. The molecule has 0 aliphatic heterocycles. The normalized spacial score (nSPS) is 14.2. The first-order valence-electron chi connectivity index (χ1n) is 4.46. The summed E-state index contributed by atoms with van der Waals surface area (Å²) in [5.41, 5.74) is 4.36. The topological polar surface area (TPSA) is 52.3 Å². The smallest absolute Gasteiger partial charge is 0.405 e. The van der Waals surface area contributed by atoms with Gasteiger partial charge in [-0.25, -0.2) is 4.79 Å². The molecule has 3 nitrogen and oxygen atoms in total. The quantitative estimate of drug-likeness (QED) is 0.663. The molecule has 0 aliphatic carbocycles. The van der Waals surface area contributed by atoms with Crippen molar-refractivity contribution in [1.29, 1.82) is 0 Å². The van der Waals surface area contributed by atoms with E-state index in [0.29, 0.717) is 6.42 Å². The second-order valence-electron chi connectivity index (χ2n) is 3.36. The van der Waals surface area contributed by atoms with Gasteiger partial charge in [-0.15, -0.1) is 12.3 Å². The van der Waals surface area contributed by atoms with Gasteiger partial charge in [-0.05, 0) is 19.8 Å². The van der Waals surface area contributed by atoms with Crippen LogP contribution in [0.5, 0.6) is 0 Å². The number of nitrogens with two attached hydrogens (primary N) is 1. The molecule has 0 spiro atoms. The number of primary amides is 1. The van der Waals surface area contributed by atoms with E-state index in [2.05, 4.69) is 12.8 Å². The van der Waals surface area contributed by atoms with Gasteiger partial charge in [-0.3, -0.25) is 0 Å². The van der Waals surface area contributed by atoms with Gasteiger partial charge in [-0.2, -0.15) is 0 Å². The van der Waals surface area contributed by atoms with E-state index < -0.39 is 11.7 Å². The van der Waals surface area contributed by atoms with Crippen LogP contribution in [0.15, 0.2) is 0 Å². The van der Waals surface area contributed by atoms with E-state index in [1.807, 2.05) is 6.92 Å². The Kier molecular flexibility index (Phi) is 4.98. The molecule has 1 unspecified atom stereocenters. The molecule has 74 valence electrons. The lowest BCUT2D eigenvalue weighted by Crippen LogP contribution is -2.33. The molecule has 0 radical (unpaired) electrons. The molecule has 0 saturated heterocycles. The van der Waals surface area contributed by atoms with Gasteiger partial charge in [0.25, 0.3) is 0 Å². The number of hydrogen-bond donors (Lipinski definition) is 1. The van der Waals surface area contributed by atoms with E-state index in [-0.39, 0.29) is 0 Å². The minimum atomic E-state index is -0.756. The Morgan fingerprint density at radius 3 is 2.69 bits per heavy atom. The molecule has 13 heavy (non-hydrogen) atoms. The summed E-state index contributed by atoms with van der Waals surface area (Å²) in [4.78, 5) is 10.6. The maximum atomic E-state index is 10.6. The van der Waals surface area contributed by atoms with Gasteiger partial charge in [0.15, 0.2) is 0 Å². The van der Waals surface area contributed by atoms with Gasteiger partial charge >= 0.3 is 6.09 Å². The molecule has 1 amide bonds. The third-order valence-corrected chi connectivity index (χ3v) is 1.88. The lowest BCUT2D eigenvalue weighted by molar-refractivity contribution is 0.0267. The van der Waals surface area contributed by atoms with Crippen molar-refractivity contribution < 1.29 is 9.53 Å². The summed E-state index contributed by atoms with van der Waals surface area (Å²) >= 11 is 0. The lowest BCUT2D eigenvalue weighted by atomic mass is 9.95. The number of unbranched alkanes of at least 4 members (excludes halogenated alkanes) is 1. The predicted octanol–water partition coefficient (Wildman–Crippen LogP) is 2.05. The summed E-state index contributed by atoms with van der Waals surface area (Å²) in [6, 6.07) is 0. The number of amides is 1. The number of hydrogen-bond acceptors (Lipinski definition) is 2. The predicted molar refractivity (Wildman–Crippen MR) is 52.0 cm³/mol. The summed E-state index contributed by atoms with van der Waals surface area (Å²) in [6.45, 7) is 3.88. The van der Waals surface area contributed by atoms with Gasteiger partial charge in [0.1, 0.15) is 5.60 Å². The Morgan fingerprint density at radius 1 is 1.69 bits per heavy atom. The third-order valence-electron chi connectivity index (χ3n) is 1.88. The van der Waals surface area contributed by atoms with Crippen LogP contribution in [0.3, 0.4) is 0 Å². The van der Waals surface area contributed by atoms with Gasteiger partial charge < -0.3 is 10.5 Å². The number of terminal acetylenes is 1. The second kappa shape index (κ2) is 5.47. The van der Waals surface area contributed by atoms with E-state index in [1.165, 1.54) is 0 Å². The molecule has 2 N–H and O–H groups in total. The Labute approximate surface area is 79.6 Å². The first-order valence-corrected chi connectivity index (χ1v) is 4.46. The van der Waals surface area contributed by atoms with Crippen LogP contribution in [0.4, 0.5) is 4.79 Å². The first kappa shape index (κ1) is 11.8. The zero-order valence-corrected chi connectivity index (χ0v) is 8.30. The average molecular weight is 183 g/mol. The van der Waals surface area contributed by atoms with Gasteiger partial charge in [-0.1, -0.05) is 13.3 Å². The molecule has 0 fully saturated rings. The van der Waals surface area contributed by atoms with Crippen molar-refractivity contribution >= 4 is 6.09 Å². The van der Waals surface area contributed by atoms with Crippen LogP contribution in [-0.4, -0.2) is 11.7 Å². The Hall–Kier alpha value is -1.17. The fraction of sp³-hybridized carbons (Fsp3) is 0.700. The van der Waals surface area contributed by atoms with Crippen molar-refractivity contribution in [3.8, 4) is 12.3 Å². The molecule has 0 aromatic rings. The molecule has 3 heteroatoms. The summed E-state index contributed by atoms with van der Waals surface area (Å²) in [6.07, 6.45) is 7.62. The van der Waals surface area contributed by atoms with E-state index in [9.17, 15) is 4.79 Å². The van der Waals surface area contributed by atoms with Crippen LogP contribution in [0.25, 0.3) is 0 Å². The summed E-state index contributed by atoms with van der Waals surface area (Å²) in [5.74, 6) is 2.49. The summed E-state index contributed by atoms with van der Waals surface area (Å²) in [7, 11) is 0. The van der Waals surface area contributed by atoms with Crippen molar-refractivity contribution in [2.75, 3.05) is 0 Å². The monoisotopic (exact) mass is 183 g/mol. The molecule has 0 heterocycles. The van der Waals surface area contributed by atoms with Gasteiger partial charge in [0, 0.05) is 6.42 Å². The molecular formula is C10H17NO2. The fourth-order valence-electron chi connectivity index (χ4n) is 1.18. The SMILES string of the molecule is C#CCC(C)(CCCC)OC(N)=O. The van der Waals surface area contributed by atoms with Crippen LogP contribution >= 0.6 is 0 Å². The third kappa shape index (κ3) is 5.13. The van der Waals surface area contributed by atoms with Crippen LogP contribution in [0.1, 0.15) is 39.5 Å². The van der Waals surface area contributed by atoms with Crippen LogP contribution in [0, 0.1) is 12.3 Å². The molecule has 0 aromatic heterocycles. The molecular weight excluding hydrogens is 166 g/mol. The van der Waals surface area contributed by atoms with Crippen molar-refractivity contribution in [3.05, 3.63) is 0 Å². The van der Waals surface area contributed by atoms with Crippen molar-refractivity contribution in [2.24, 2.45) is 5.73 Å². The minimum absolute atomic E-state index is 0.413. The maximum absolute atomic E-state index is 10.6. The molecule has 1 atom stereocenters. The Bertz CT molecular complexity index is 207. The molecule has 0 aromatic carbocycles. The van der Waals surface area contributed by atoms with E-state index in [4.69, 9.17) is 16.9 Å². The highest BCUT2D eigenvalue weighted by atomic mass is 16.6.